The molecule has 1 fully saturated rings. The highest BCUT2D eigenvalue weighted by atomic mass is 32.2. The Balaban J connectivity index is 1.84. The molecule has 0 unspecified atom stereocenters. The third-order valence-corrected chi connectivity index (χ3v) is 5.80. The molecule has 122 valence electrons. The number of sulfone groups is 1. The summed E-state index contributed by atoms with van der Waals surface area (Å²) in [5, 5.41) is 8.55. The van der Waals surface area contributed by atoms with E-state index < -0.39 is 9.84 Å². The molecular weight excluding hydrogens is 316 g/mol. The van der Waals surface area contributed by atoms with E-state index in [9.17, 15) is 13.2 Å². The summed E-state index contributed by atoms with van der Waals surface area (Å²) in [5.74, 6) is -0.154. The highest BCUT2D eigenvalue weighted by Crippen LogP contribution is 2.19. The SMILES string of the molecule is Cc1nn(-c2ccccc2)nc1C(=O)N(C)[C@H]1CCS(=O)(=O)C1. The topological polar surface area (TPSA) is 85.2 Å². The van der Waals surface area contributed by atoms with Crippen molar-refractivity contribution in [3.05, 3.63) is 41.7 Å². The van der Waals surface area contributed by atoms with Crippen LogP contribution in [0.5, 0.6) is 0 Å². The predicted octanol–water partition coefficient (Wildman–Crippen LogP) is 0.835. The Morgan fingerprint density at radius 2 is 1.96 bits per heavy atom. The molecule has 0 spiro atoms. The van der Waals surface area contributed by atoms with Crippen LogP contribution in [0.3, 0.4) is 0 Å². The van der Waals surface area contributed by atoms with Crippen molar-refractivity contribution in [3.8, 4) is 5.69 Å². The minimum absolute atomic E-state index is 0.0150. The summed E-state index contributed by atoms with van der Waals surface area (Å²) in [6.45, 7) is 1.72. The van der Waals surface area contributed by atoms with E-state index in [1.807, 2.05) is 30.3 Å². The lowest BCUT2D eigenvalue weighted by atomic mass is 10.2. The Bertz CT molecular complexity index is 830. The van der Waals surface area contributed by atoms with Gasteiger partial charge >= 0.3 is 0 Å². The molecular formula is C15H18N4O3S. The first-order valence-electron chi connectivity index (χ1n) is 7.34. The van der Waals surface area contributed by atoms with Gasteiger partial charge in [-0.05, 0) is 25.5 Å². The van der Waals surface area contributed by atoms with Gasteiger partial charge in [-0.1, -0.05) is 18.2 Å². The van der Waals surface area contributed by atoms with Gasteiger partial charge in [-0.3, -0.25) is 4.79 Å². The molecule has 0 saturated carbocycles. The lowest BCUT2D eigenvalue weighted by molar-refractivity contribution is 0.0740. The Kier molecular flexibility index (Phi) is 3.93. The monoisotopic (exact) mass is 334 g/mol. The van der Waals surface area contributed by atoms with Crippen molar-refractivity contribution in [1.29, 1.82) is 0 Å². The number of aromatic nitrogens is 3. The van der Waals surface area contributed by atoms with Crippen LogP contribution >= 0.6 is 0 Å². The van der Waals surface area contributed by atoms with Gasteiger partial charge in [-0.15, -0.1) is 5.10 Å². The molecule has 7 nitrogen and oxygen atoms in total. The molecule has 1 atom stereocenters. The molecule has 0 N–H and O–H groups in total. The molecule has 0 bridgehead atoms. The zero-order chi connectivity index (χ0) is 16.6. The fourth-order valence-corrected chi connectivity index (χ4v) is 4.44. The molecule has 23 heavy (non-hydrogen) atoms. The number of hydrogen-bond donors (Lipinski definition) is 0. The van der Waals surface area contributed by atoms with Gasteiger partial charge in [0.2, 0.25) is 0 Å². The maximum absolute atomic E-state index is 12.6. The third kappa shape index (κ3) is 3.12. The Morgan fingerprint density at radius 1 is 1.26 bits per heavy atom. The van der Waals surface area contributed by atoms with Crippen molar-refractivity contribution >= 4 is 15.7 Å². The molecule has 2 aromatic rings. The number of amides is 1. The molecule has 3 rings (SSSR count). The highest BCUT2D eigenvalue weighted by Gasteiger charge is 2.34. The van der Waals surface area contributed by atoms with Gasteiger partial charge in [0.05, 0.1) is 22.9 Å². The summed E-state index contributed by atoms with van der Waals surface area (Å²) >= 11 is 0. The van der Waals surface area contributed by atoms with Crippen molar-refractivity contribution in [2.24, 2.45) is 0 Å². The van der Waals surface area contributed by atoms with E-state index in [2.05, 4.69) is 10.2 Å². The Morgan fingerprint density at radius 3 is 2.57 bits per heavy atom. The molecule has 1 amide bonds. The molecule has 0 radical (unpaired) electrons. The molecule has 0 aliphatic carbocycles. The summed E-state index contributed by atoms with van der Waals surface area (Å²) < 4.78 is 23.2. The number of carbonyl (C=O) groups is 1. The fourth-order valence-electron chi connectivity index (χ4n) is 2.67. The van der Waals surface area contributed by atoms with Gasteiger partial charge in [0.25, 0.3) is 5.91 Å². The van der Waals surface area contributed by atoms with Gasteiger partial charge in [-0.25, -0.2) is 8.42 Å². The van der Waals surface area contributed by atoms with Crippen molar-refractivity contribution in [3.63, 3.8) is 0 Å². The molecule has 1 aliphatic heterocycles. The van der Waals surface area contributed by atoms with E-state index in [0.717, 1.165) is 5.69 Å². The first kappa shape index (κ1) is 15.7. The number of nitrogens with zero attached hydrogens (tertiary/aromatic N) is 4. The number of hydrogen-bond acceptors (Lipinski definition) is 5. The van der Waals surface area contributed by atoms with E-state index in [4.69, 9.17) is 0 Å². The van der Waals surface area contributed by atoms with Crippen molar-refractivity contribution in [2.45, 2.75) is 19.4 Å². The lowest BCUT2D eigenvalue weighted by Gasteiger charge is -2.22. The molecule has 1 aromatic heterocycles. The Labute approximate surface area is 134 Å². The van der Waals surface area contributed by atoms with E-state index >= 15 is 0 Å². The van der Waals surface area contributed by atoms with Gasteiger partial charge in [0.1, 0.15) is 0 Å². The minimum Gasteiger partial charge on any atom is -0.336 e. The van der Waals surface area contributed by atoms with Crippen molar-refractivity contribution in [2.75, 3.05) is 18.6 Å². The zero-order valence-corrected chi connectivity index (χ0v) is 13.8. The number of benzene rings is 1. The van der Waals surface area contributed by atoms with Crippen LogP contribution in [0.1, 0.15) is 22.6 Å². The molecule has 8 heteroatoms. The van der Waals surface area contributed by atoms with Crippen LogP contribution in [0.2, 0.25) is 0 Å². The van der Waals surface area contributed by atoms with Crippen LogP contribution in [-0.4, -0.2) is 58.8 Å². The summed E-state index contributed by atoms with van der Waals surface area (Å²) in [7, 11) is -1.42. The van der Waals surface area contributed by atoms with Crippen LogP contribution in [0.25, 0.3) is 5.69 Å². The van der Waals surface area contributed by atoms with E-state index in [1.165, 1.54) is 9.70 Å². The van der Waals surface area contributed by atoms with Crippen LogP contribution < -0.4 is 0 Å². The van der Waals surface area contributed by atoms with Gasteiger partial charge < -0.3 is 4.90 Å². The largest absolute Gasteiger partial charge is 0.336 e. The van der Waals surface area contributed by atoms with Crippen LogP contribution in [0.15, 0.2) is 30.3 Å². The lowest BCUT2D eigenvalue weighted by Crippen LogP contribution is -2.38. The highest BCUT2D eigenvalue weighted by molar-refractivity contribution is 7.91. The zero-order valence-electron chi connectivity index (χ0n) is 13.0. The van der Waals surface area contributed by atoms with Crippen molar-refractivity contribution in [1.82, 2.24) is 19.9 Å². The average molecular weight is 334 g/mol. The second kappa shape index (κ2) is 5.77. The predicted molar refractivity (Wildman–Crippen MR) is 85.2 cm³/mol. The van der Waals surface area contributed by atoms with Crippen LogP contribution in [0, 0.1) is 6.92 Å². The van der Waals surface area contributed by atoms with Crippen LogP contribution in [0.4, 0.5) is 0 Å². The summed E-state index contributed by atoms with van der Waals surface area (Å²) in [6.07, 6.45) is 0.469. The third-order valence-electron chi connectivity index (χ3n) is 4.05. The number of carbonyl (C=O) groups excluding carboxylic acids is 1. The molecule has 1 aromatic carbocycles. The first-order valence-corrected chi connectivity index (χ1v) is 9.16. The van der Waals surface area contributed by atoms with Gasteiger partial charge in [0.15, 0.2) is 15.5 Å². The average Bonchev–Trinajstić information content (AvgIpc) is 3.09. The smallest absolute Gasteiger partial charge is 0.276 e. The summed E-state index contributed by atoms with van der Waals surface area (Å²) in [4.78, 5) is 15.5. The standard InChI is InChI=1S/C15H18N4O3S/c1-11-14(17-19(16-11)12-6-4-3-5-7-12)15(20)18(2)13-8-9-23(21,22)10-13/h3-7,13H,8-10H2,1-2H3/t13-/m0/s1. The minimum atomic E-state index is -3.04. The van der Waals surface area contributed by atoms with E-state index in [0.29, 0.717) is 12.1 Å². The molecule has 1 aliphatic rings. The van der Waals surface area contributed by atoms with Gasteiger partial charge in [0, 0.05) is 13.1 Å². The maximum Gasteiger partial charge on any atom is 0.276 e. The quantitative estimate of drug-likeness (QED) is 0.830. The van der Waals surface area contributed by atoms with Gasteiger partial charge in [-0.2, -0.15) is 9.90 Å². The molecule has 1 saturated heterocycles. The van der Waals surface area contributed by atoms with Crippen LogP contribution in [-0.2, 0) is 9.84 Å². The van der Waals surface area contributed by atoms with Crippen molar-refractivity contribution < 1.29 is 13.2 Å². The number of rotatable bonds is 3. The number of aryl methyl sites for hydroxylation is 1. The summed E-state index contributed by atoms with van der Waals surface area (Å²) in [6, 6.07) is 9.02. The maximum atomic E-state index is 12.6. The molecule has 2 heterocycles. The normalized spacial score (nSPS) is 19.7. The van der Waals surface area contributed by atoms with E-state index in [1.54, 1.807) is 14.0 Å². The van der Waals surface area contributed by atoms with E-state index in [-0.39, 0.29) is 29.1 Å². The second-order valence-electron chi connectivity index (χ2n) is 5.73. The number of para-hydroxylation sites is 1. The Hall–Kier alpha value is -2.22. The summed E-state index contributed by atoms with van der Waals surface area (Å²) in [5.41, 5.74) is 1.54. The second-order valence-corrected chi connectivity index (χ2v) is 7.96. The fraction of sp³-hybridized carbons (Fsp3) is 0.400. The first-order chi connectivity index (χ1) is 10.9.